The first-order valence-corrected chi connectivity index (χ1v) is 12.8. The maximum Gasteiger partial charge on any atom is 0.307 e. The molecule has 0 aliphatic heterocycles. The standard InChI is InChI=1S/C24H19Cl3N2O4S/c25-16-7-5-14(20(27)12-16)9-10-28-34(32,33)22-11-15(6-8-19(22)26)24-18(13-23(30)31)17-3-1-2-4-21(17)29-24/h1-8,11-12,28-29H,9-10,13H2,(H,30,31). The van der Waals surface area contributed by atoms with Crippen LogP contribution in [0.25, 0.3) is 22.2 Å². The van der Waals surface area contributed by atoms with Crippen molar-refractivity contribution in [2.45, 2.75) is 17.7 Å². The number of fused-ring (bicyclic) bond motifs is 1. The van der Waals surface area contributed by atoms with E-state index < -0.39 is 16.0 Å². The maximum atomic E-state index is 13.0. The van der Waals surface area contributed by atoms with E-state index in [-0.39, 0.29) is 22.9 Å². The molecule has 34 heavy (non-hydrogen) atoms. The van der Waals surface area contributed by atoms with Crippen LogP contribution in [0.5, 0.6) is 0 Å². The fourth-order valence-electron chi connectivity index (χ4n) is 3.77. The number of carboxylic acid groups (broad SMARTS) is 1. The van der Waals surface area contributed by atoms with E-state index in [1.165, 1.54) is 12.1 Å². The second kappa shape index (κ2) is 9.98. The lowest BCUT2D eigenvalue weighted by molar-refractivity contribution is -0.136. The third-order valence-electron chi connectivity index (χ3n) is 5.35. The van der Waals surface area contributed by atoms with Gasteiger partial charge in [0, 0.05) is 27.5 Å². The molecule has 0 spiro atoms. The molecule has 0 saturated carbocycles. The van der Waals surface area contributed by atoms with Crippen molar-refractivity contribution in [2.24, 2.45) is 0 Å². The first kappa shape index (κ1) is 24.6. The van der Waals surface area contributed by atoms with Gasteiger partial charge in [0.15, 0.2) is 0 Å². The van der Waals surface area contributed by atoms with Gasteiger partial charge in [-0.1, -0.05) is 65.1 Å². The van der Waals surface area contributed by atoms with Crippen molar-refractivity contribution in [3.8, 4) is 11.3 Å². The van der Waals surface area contributed by atoms with Crippen molar-refractivity contribution >= 4 is 61.7 Å². The molecule has 0 fully saturated rings. The zero-order valence-corrected chi connectivity index (χ0v) is 20.7. The number of benzene rings is 3. The van der Waals surface area contributed by atoms with Crippen LogP contribution < -0.4 is 4.72 Å². The number of sulfonamides is 1. The summed E-state index contributed by atoms with van der Waals surface area (Å²) in [4.78, 5) is 14.6. The molecule has 3 aromatic carbocycles. The Bertz CT molecular complexity index is 1500. The van der Waals surface area contributed by atoms with E-state index in [2.05, 4.69) is 9.71 Å². The molecule has 176 valence electrons. The van der Waals surface area contributed by atoms with Gasteiger partial charge < -0.3 is 10.1 Å². The van der Waals surface area contributed by atoms with Crippen LogP contribution in [0, 0.1) is 0 Å². The van der Waals surface area contributed by atoms with E-state index in [0.29, 0.717) is 33.3 Å². The molecule has 1 heterocycles. The van der Waals surface area contributed by atoms with E-state index in [4.69, 9.17) is 34.8 Å². The second-order valence-corrected chi connectivity index (χ2v) is 10.6. The van der Waals surface area contributed by atoms with Crippen LogP contribution >= 0.6 is 34.8 Å². The highest BCUT2D eigenvalue weighted by Gasteiger charge is 2.21. The lowest BCUT2D eigenvalue weighted by Crippen LogP contribution is -2.26. The summed E-state index contributed by atoms with van der Waals surface area (Å²) in [5.74, 6) is -0.990. The monoisotopic (exact) mass is 536 g/mol. The highest BCUT2D eigenvalue weighted by molar-refractivity contribution is 7.89. The molecule has 0 aliphatic rings. The molecule has 0 bridgehead atoms. The van der Waals surface area contributed by atoms with E-state index in [9.17, 15) is 18.3 Å². The normalized spacial score (nSPS) is 11.7. The van der Waals surface area contributed by atoms with Gasteiger partial charge in [0.05, 0.1) is 17.1 Å². The Kier molecular flexibility index (Phi) is 7.21. The smallest absolute Gasteiger partial charge is 0.307 e. The molecule has 0 radical (unpaired) electrons. The summed E-state index contributed by atoms with van der Waals surface area (Å²) in [6.07, 6.45) is 0.140. The van der Waals surface area contributed by atoms with Gasteiger partial charge in [0.2, 0.25) is 10.0 Å². The van der Waals surface area contributed by atoms with Crippen molar-refractivity contribution in [1.82, 2.24) is 9.71 Å². The zero-order chi connectivity index (χ0) is 24.5. The van der Waals surface area contributed by atoms with Crippen LogP contribution in [-0.2, 0) is 27.7 Å². The summed E-state index contributed by atoms with van der Waals surface area (Å²) in [7, 11) is -3.96. The third-order valence-corrected chi connectivity index (χ3v) is 7.88. The molecule has 6 nitrogen and oxygen atoms in total. The van der Waals surface area contributed by atoms with E-state index >= 15 is 0 Å². The van der Waals surface area contributed by atoms with Crippen LogP contribution in [0.3, 0.4) is 0 Å². The molecule has 0 unspecified atom stereocenters. The molecular weight excluding hydrogens is 519 g/mol. The number of hydrogen-bond acceptors (Lipinski definition) is 3. The number of rotatable bonds is 8. The second-order valence-electron chi connectivity index (χ2n) is 7.62. The topological polar surface area (TPSA) is 99.3 Å². The quantitative estimate of drug-likeness (QED) is 0.259. The lowest BCUT2D eigenvalue weighted by Gasteiger charge is -2.11. The number of aromatic amines is 1. The highest BCUT2D eigenvalue weighted by Crippen LogP contribution is 2.34. The minimum absolute atomic E-state index is 0.0525. The van der Waals surface area contributed by atoms with Crippen LogP contribution in [0.2, 0.25) is 15.1 Å². The van der Waals surface area contributed by atoms with E-state index in [1.54, 1.807) is 24.3 Å². The SMILES string of the molecule is O=C(O)Cc1c(-c2ccc(Cl)c(S(=O)(=O)NCCc3ccc(Cl)cc3Cl)c2)[nH]c2ccccc12. The van der Waals surface area contributed by atoms with Crippen LogP contribution in [0.1, 0.15) is 11.1 Å². The molecule has 0 saturated heterocycles. The number of nitrogens with one attached hydrogen (secondary N) is 2. The van der Waals surface area contributed by atoms with Crippen LogP contribution in [0.4, 0.5) is 0 Å². The van der Waals surface area contributed by atoms with Gasteiger partial charge in [-0.3, -0.25) is 4.79 Å². The van der Waals surface area contributed by atoms with Gasteiger partial charge in [-0.25, -0.2) is 13.1 Å². The molecule has 3 N–H and O–H groups in total. The maximum absolute atomic E-state index is 13.0. The molecule has 10 heteroatoms. The lowest BCUT2D eigenvalue weighted by atomic mass is 10.0. The molecule has 0 atom stereocenters. The van der Waals surface area contributed by atoms with Crippen molar-refractivity contribution in [1.29, 1.82) is 0 Å². The van der Waals surface area contributed by atoms with Gasteiger partial charge in [-0.05, 0) is 53.4 Å². The number of carboxylic acids is 1. The van der Waals surface area contributed by atoms with E-state index in [0.717, 1.165) is 16.5 Å². The Balaban J connectivity index is 1.65. The predicted molar refractivity (Wildman–Crippen MR) is 135 cm³/mol. The molecule has 4 rings (SSSR count). The summed E-state index contributed by atoms with van der Waals surface area (Å²) < 4.78 is 28.6. The van der Waals surface area contributed by atoms with Crippen molar-refractivity contribution in [3.63, 3.8) is 0 Å². The highest BCUT2D eigenvalue weighted by atomic mass is 35.5. The first-order valence-electron chi connectivity index (χ1n) is 10.2. The predicted octanol–water partition coefficient (Wildman–Crippen LogP) is 5.94. The number of hydrogen-bond donors (Lipinski definition) is 3. The Morgan fingerprint density at radius 2 is 1.74 bits per heavy atom. The first-order chi connectivity index (χ1) is 16.2. The van der Waals surface area contributed by atoms with Gasteiger partial charge in [0.1, 0.15) is 4.90 Å². The Hall–Kier alpha value is -2.55. The molecule has 4 aromatic rings. The summed E-state index contributed by atoms with van der Waals surface area (Å²) in [5, 5.41) is 11.2. The molecule has 0 amide bonds. The number of carbonyl (C=O) groups is 1. The number of para-hydroxylation sites is 1. The largest absolute Gasteiger partial charge is 0.481 e. The average molecular weight is 538 g/mol. The molecule has 0 aliphatic carbocycles. The fourth-order valence-corrected chi connectivity index (χ4v) is 5.83. The average Bonchev–Trinajstić information content (AvgIpc) is 3.13. The van der Waals surface area contributed by atoms with Crippen LogP contribution in [-0.4, -0.2) is 31.0 Å². The summed E-state index contributed by atoms with van der Waals surface area (Å²) in [6.45, 7) is 0.0981. The minimum Gasteiger partial charge on any atom is -0.481 e. The zero-order valence-electron chi connectivity index (χ0n) is 17.6. The molecule has 1 aromatic heterocycles. The Labute approximate surface area is 211 Å². The Morgan fingerprint density at radius 1 is 0.971 bits per heavy atom. The number of halogens is 3. The van der Waals surface area contributed by atoms with Gasteiger partial charge in [0.25, 0.3) is 0 Å². The third kappa shape index (κ3) is 5.24. The van der Waals surface area contributed by atoms with E-state index in [1.807, 2.05) is 24.3 Å². The van der Waals surface area contributed by atoms with Gasteiger partial charge >= 0.3 is 5.97 Å². The van der Waals surface area contributed by atoms with Crippen LogP contribution in [0.15, 0.2) is 65.6 Å². The van der Waals surface area contributed by atoms with Gasteiger partial charge in [-0.15, -0.1) is 0 Å². The minimum atomic E-state index is -3.96. The summed E-state index contributed by atoms with van der Waals surface area (Å²) in [5.41, 5.74) is 3.12. The summed E-state index contributed by atoms with van der Waals surface area (Å²) >= 11 is 18.3. The van der Waals surface area contributed by atoms with Crippen molar-refractivity contribution in [3.05, 3.63) is 86.9 Å². The molecular formula is C24H19Cl3N2O4S. The van der Waals surface area contributed by atoms with Crippen molar-refractivity contribution in [2.75, 3.05) is 6.54 Å². The number of aliphatic carboxylic acids is 1. The van der Waals surface area contributed by atoms with Crippen molar-refractivity contribution < 1.29 is 18.3 Å². The Morgan fingerprint density at radius 3 is 2.47 bits per heavy atom. The fraction of sp³-hybridized carbons (Fsp3) is 0.125. The number of H-pyrrole nitrogens is 1. The van der Waals surface area contributed by atoms with Gasteiger partial charge in [-0.2, -0.15) is 0 Å². The summed E-state index contributed by atoms with van der Waals surface area (Å²) in [6, 6.07) is 16.9. The number of aromatic nitrogens is 1.